The van der Waals surface area contributed by atoms with Crippen LogP contribution in [0.1, 0.15) is 33.5 Å². The minimum Gasteiger partial charge on any atom is -0.326 e. The Morgan fingerprint density at radius 1 is 0.889 bits per heavy atom. The molecular weight excluding hydrogens is 455 g/mol. The molecule has 2 aromatic carbocycles. The van der Waals surface area contributed by atoms with Crippen LogP contribution in [0.5, 0.6) is 0 Å². The van der Waals surface area contributed by atoms with Crippen molar-refractivity contribution in [1.82, 2.24) is 14.4 Å². The molecule has 1 amide bonds. The molecule has 4 rings (SSSR count). The number of amides is 1. The first kappa shape index (κ1) is 25.1. The average Bonchev–Trinajstić information content (AvgIpc) is 3.10. The predicted molar refractivity (Wildman–Crippen MR) is 136 cm³/mol. The van der Waals surface area contributed by atoms with Crippen molar-refractivity contribution in [3.63, 3.8) is 0 Å². The van der Waals surface area contributed by atoms with Crippen LogP contribution in [0.3, 0.4) is 0 Å². The van der Waals surface area contributed by atoms with E-state index >= 15 is 0 Å². The fourth-order valence-corrected chi connectivity index (χ4v) is 4.52. The molecule has 1 aliphatic rings. The Bertz CT molecular complexity index is 1310. The highest BCUT2D eigenvalue weighted by atomic mass is 19.1. The summed E-state index contributed by atoms with van der Waals surface area (Å²) in [6.45, 7) is 8.50. The van der Waals surface area contributed by atoms with Crippen molar-refractivity contribution in [3.05, 3.63) is 87.9 Å². The molecule has 2 heterocycles. The van der Waals surface area contributed by atoms with E-state index < -0.39 is 0 Å². The maximum absolute atomic E-state index is 13.3. The standard InChI is InChI=1S/C28H29FN6O/c1-20-21(2)35(18-24-7-9-25(29)10-8-24)28(26(20)16-31)32-27(36)19-34-13-11-33(12-14-34)17-23-5-3-22(15-30)4-6-23/h3-10H,11-14,17-19H2,1-2H3,(H,32,36). The van der Waals surface area contributed by atoms with E-state index in [0.29, 0.717) is 23.5 Å². The van der Waals surface area contributed by atoms with Gasteiger partial charge in [0.25, 0.3) is 0 Å². The molecule has 8 heteroatoms. The van der Waals surface area contributed by atoms with E-state index in [0.717, 1.165) is 55.1 Å². The fourth-order valence-electron chi connectivity index (χ4n) is 4.52. The lowest BCUT2D eigenvalue weighted by Gasteiger charge is -2.34. The van der Waals surface area contributed by atoms with Gasteiger partial charge in [0.05, 0.1) is 23.7 Å². The zero-order chi connectivity index (χ0) is 25.7. The lowest BCUT2D eigenvalue weighted by molar-refractivity contribution is -0.117. The number of halogens is 1. The molecule has 184 valence electrons. The average molecular weight is 485 g/mol. The maximum atomic E-state index is 13.3. The zero-order valence-electron chi connectivity index (χ0n) is 20.6. The Kier molecular flexibility index (Phi) is 7.80. The number of piperazine rings is 1. The SMILES string of the molecule is Cc1c(C#N)c(NC(=O)CN2CCN(Cc3ccc(C#N)cc3)CC2)n(Cc2ccc(F)cc2)c1C. The van der Waals surface area contributed by atoms with Crippen LogP contribution in [0.2, 0.25) is 0 Å². The second-order valence-corrected chi connectivity index (χ2v) is 9.17. The van der Waals surface area contributed by atoms with E-state index in [9.17, 15) is 14.4 Å². The zero-order valence-corrected chi connectivity index (χ0v) is 20.6. The lowest BCUT2D eigenvalue weighted by atomic mass is 10.1. The summed E-state index contributed by atoms with van der Waals surface area (Å²) in [6, 6.07) is 18.2. The molecule has 0 radical (unpaired) electrons. The van der Waals surface area contributed by atoms with Crippen LogP contribution in [0.4, 0.5) is 10.2 Å². The van der Waals surface area contributed by atoms with E-state index in [-0.39, 0.29) is 18.3 Å². The van der Waals surface area contributed by atoms with Gasteiger partial charge in [0.1, 0.15) is 17.7 Å². The van der Waals surface area contributed by atoms with Crippen LogP contribution >= 0.6 is 0 Å². The molecule has 0 atom stereocenters. The Hall–Kier alpha value is -3.98. The maximum Gasteiger partial charge on any atom is 0.239 e. The second-order valence-electron chi connectivity index (χ2n) is 9.17. The summed E-state index contributed by atoms with van der Waals surface area (Å²) in [5.41, 5.74) is 4.87. The van der Waals surface area contributed by atoms with Crippen molar-refractivity contribution in [2.24, 2.45) is 0 Å². The first-order valence-corrected chi connectivity index (χ1v) is 12.0. The summed E-state index contributed by atoms with van der Waals surface area (Å²) >= 11 is 0. The van der Waals surface area contributed by atoms with Crippen molar-refractivity contribution in [2.75, 3.05) is 38.0 Å². The molecule has 0 saturated carbocycles. The number of carbonyl (C=O) groups is 1. The van der Waals surface area contributed by atoms with E-state index in [1.54, 1.807) is 12.1 Å². The summed E-state index contributed by atoms with van der Waals surface area (Å²) in [5.74, 6) is 0.0218. The van der Waals surface area contributed by atoms with Gasteiger partial charge in [0, 0.05) is 45.0 Å². The number of nitrogens with one attached hydrogen (secondary N) is 1. The molecule has 3 aromatic rings. The molecule has 0 spiro atoms. The van der Waals surface area contributed by atoms with E-state index in [1.807, 2.05) is 42.7 Å². The first-order valence-electron chi connectivity index (χ1n) is 12.0. The molecule has 1 N–H and O–H groups in total. The first-order chi connectivity index (χ1) is 17.4. The molecule has 0 unspecified atom stereocenters. The molecule has 1 saturated heterocycles. The smallest absolute Gasteiger partial charge is 0.239 e. The number of benzene rings is 2. The third-order valence-corrected chi connectivity index (χ3v) is 6.77. The normalized spacial score (nSPS) is 14.2. The number of nitrogens with zero attached hydrogens (tertiary/aromatic N) is 5. The van der Waals surface area contributed by atoms with Gasteiger partial charge < -0.3 is 9.88 Å². The van der Waals surface area contributed by atoms with Crippen LogP contribution in [0.15, 0.2) is 48.5 Å². The van der Waals surface area contributed by atoms with Crippen LogP contribution < -0.4 is 5.32 Å². The fraction of sp³-hybridized carbons (Fsp3) is 0.321. The van der Waals surface area contributed by atoms with Gasteiger partial charge in [-0.15, -0.1) is 0 Å². The number of rotatable bonds is 7. The summed E-state index contributed by atoms with van der Waals surface area (Å²) in [5, 5.41) is 21.7. The molecule has 1 aliphatic heterocycles. The monoisotopic (exact) mass is 484 g/mol. The van der Waals surface area contributed by atoms with Gasteiger partial charge in [-0.25, -0.2) is 4.39 Å². The topological polar surface area (TPSA) is 88.1 Å². The van der Waals surface area contributed by atoms with Crippen molar-refractivity contribution in [1.29, 1.82) is 10.5 Å². The number of hydrogen-bond donors (Lipinski definition) is 1. The summed E-state index contributed by atoms with van der Waals surface area (Å²) in [7, 11) is 0. The Morgan fingerprint density at radius 2 is 1.47 bits per heavy atom. The van der Waals surface area contributed by atoms with Crippen molar-refractivity contribution >= 4 is 11.7 Å². The highest BCUT2D eigenvalue weighted by Gasteiger charge is 2.23. The van der Waals surface area contributed by atoms with Crippen LogP contribution in [-0.4, -0.2) is 53.0 Å². The minimum atomic E-state index is -0.303. The molecule has 0 bridgehead atoms. The predicted octanol–water partition coefficient (Wildman–Crippen LogP) is 3.79. The van der Waals surface area contributed by atoms with E-state index in [4.69, 9.17) is 5.26 Å². The van der Waals surface area contributed by atoms with Crippen LogP contribution in [-0.2, 0) is 17.9 Å². The Balaban J connectivity index is 1.37. The number of carbonyl (C=O) groups excluding carboxylic acids is 1. The van der Waals surface area contributed by atoms with Crippen LogP contribution in [0, 0.1) is 42.3 Å². The Labute approximate surface area is 211 Å². The van der Waals surface area contributed by atoms with Gasteiger partial charge in [-0.3, -0.25) is 14.6 Å². The lowest BCUT2D eigenvalue weighted by Crippen LogP contribution is -2.48. The molecular formula is C28H29FN6O. The number of hydrogen-bond acceptors (Lipinski definition) is 5. The molecule has 0 aliphatic carbocycles. The van der Waals surface area contributed by atoms with E-state index in [2.05, 4.69) is 27.3 Å². The Morgan fingerprint density at radius 3 is 2.08 bits per heavy atom. The van der Waals surface area contributed by atoms with Gasteiger partial charge in [0.15, 0.2) is 0 Å². The molecule has 1 aromatic heterocycles. The number of nitriles is 2. The van der Waals surface area contributed by atoms with Gasteiger partial charge in [-0.2, -0.15) is 10.5 Å². The van der Waals surface area contributed by atoms with E-state index in [1.165, 1.54) is 12.1 Å². The third kappa shape index (κ3) is 5.80. The number of aromatic nitrogens is 1. The van der Waals surface area contributed by atoms with Crippen molar-refractivity contribution in [2.45, 2.75) is 26.9 Å². The highest BCUT2D eigenvalue weighted by Crippen LogP contribution is 2.27. The van der Waals surface area contributed by atoms with Gasteiger partial charge in [-0.1, -0.05) is 24.3 Å². The molecule has 36 heavy (non-hydrogen) atoms. The second kappa shape index (κ2) is 11.2. The van der Waals surface area contributed by atoms with Crippen LogP contribution in [0.25, 0.3) is 0 Å². The van der Waals surface area contributed by atoms with Crippen molar-refractivity contribution < 1.29 is 9.18 Å². The quantitative estimate of drug-likeness (QED) is 0.551. The minimum absolute atomic E-state index is 0.162. The molecule has 1 fully saturated rings. The van der Waals surface area contributed by atoms with Gasteiger partial charge in [0.2, 0.25) is 5.91 Å². The molecule has 7 nitrogen and oxygen atoms in total. The highest BCUT2D eigenvalue weighted by molar-refractivity contribution is 5.93. The largest absolute Gasteiger partial charge is 0.326 e. The summed E-state index contributed by atoms with van der Waals surface area (Å²) in [6.07, 6.45) is 0. The third-order valence-electron chi connectivity index (χ3n) is 6.77. The summed E-state index contributed by atoms with van der Waals surface area (Å²) < 4.78 is 15.2. The number of anilines is 1. The van der Waals surface area contributed by atoms with Crippen molar-refractivity contribution in [3.8, 4) is 12.1 Å². The van der Waals surface area contributed by atoms with Gasteiger partial charge in [-0.05, 0) is 54.8 Å². The van der Waals surface area contributed by atoms with Gasteiger partial charge >= 0.3 is 0 Å². The summed E-state index contributed by atoms with van der Waals surface area (Å²) in [4.78, 5) is 17.4.